The van der Waals surface area contributed by atoms with Crippen molar-refractivity contribution in [1.82, 2.24) is 19.4 Å². The fourth-order valence-electron chi connectivity index (χ4n) is 4.78. The number of amides is 1. The van der Waals surface area contributed by atoms with Crippen molar-refractivity contribution in [3.8, 4) is 11.5 Å². The Balaban J connectivity index is 1.51. The normalized spacial score (nSPS) is 16.3. The molecule has 1 amide bonds. The number of aromatic nitrogens is 3. The van der Waals surface area contributed by atoms with Crippen LogP contribution in [0, 0.1) is 0 Å². The van der Waals surface area contributed by atoms with Gasteiger partial charge in [-0.3, -0.25) is 14.6 Å². The number of carbonyl (C=O) groups excluding carboxylic acids is 2. The molecule has 1 aliphatic heterocycles. The molecule has 0 saturated carbocycles. The van der Waals surface area contributed by atoms with E-state index >= 15 is 0 Å². The second kappa shape index (κ2) is 12.3. The molecule has 2 aromatic heterocycles. The lowest BCUT2D eigenvalue weighted by Gasteiger charge is -2.26. The van der Waals surface area contributed by atoms with Crippen molar-refractivity contribution in [1.29, 1.82) is 0 Å². The van der Waals surface area contributed by atoms with E-state index in [1.165, 1.54) is 17.3 Å². The highest BCUT2D eigenvalue weighted by Crippen LogP contribution is 2.42. The summed E-state index contributed by atoms with van der Waals surface area (Å²) in [5.41, 5.74) is 2.08. The van der Waals surface area contributed by atoms with E-state index in [2.05, 4.69) is 9.97 Å². The Morgan fingerprint density at radius 2 is 1.73 bits per heavy atom. The van der Waals surface area contributed by atoms with Gasteiger partial charge in [-0.05, 0) is 48.7 Å². The van der Waals surface area contributed by atoms with Crippen LogP contribution in [-0.4, -0.2) is 49.4 Å². The molecule has 3 heterocycles. The molecule has 1 saturated heterocycles. The minimum Gasteiger partial charge on any atom is -0.507 e. The van der Waals surface area contributed by atoms with Gasteiger partial charge in [0.25, 0.3) is 11.7 Å². The highest BCUT2D eigenvalue weighted by molar-refractivity contribution is 6.46. The van der Waals surface area contributed by atoms with Gasteiger partial charge in [-0.2, -0.15) is 0 Å². The first-order valence-electron chi connectivity index (χ1n) is 13.1. The third kappa shape index (κ3) is 5.73. The molecule has 204 valence electrons. The molecular weight excluding hydrogens is 508 g/mol. The van der Waals surface area contributed by atoms with Gasteiger partial charge in [-0.15, -0.1) is 0 Å². The lowest BCUT2D eigenvalue weighted by atomic mass is 9.95. The van der Waals surface area contributed by atoms with Crippen LogP contribution in [0.1, 0.15) is 36.1 Å². The van der Waals surface area contributed by atoms with Crippen LogP contribution in [0.2, 0.25) is 0 Å². The van der Waals surface area contributed by atoms with E-state index in [9.17, 15) is 14.7 Å². The molecule has 1 unspecified atom stereocenters. The summed E-state index contributed by atoms with van der Waals surface area (Å²) in [4.78, 5) is 36.2. The summed E-state index contributed by atoms with van der Waals surface area (Å²) in [6.45, 7) is 3.55. The molecule has 9 heteroatoms. The first-order valence-corrected chi connectivity index (χ1v) is 13.1. The van der Waals surface area contributed by atoms with Crippen LogP contribution in [0.5, 0.6) is 11.5 Å². The number of nitrogens with zero attached hydrogens (tertiary/aromatic N) is 4. The molecule has 9 nitrogen and oxygen atoms in total. The average Bonchev–Trinajstić information content (AvgIpc) is 3.60. The lowest BCUT2D eigenvalue weighted by molar-refractivity contribution is -0.139. The maximum absolute atomic E-state index is 13.3. The second-order valence-corrected chi connectivity index (χ2v) is 9.30. The van der Waals surface area contributed by atoms with Crippen molar-refractivity contribution in [3.63, 3.8) is 0 Å². The van der Waals surface area contributed by atoms with Crippen LogP contribution in [0.15, 0.2) is 97.4 Å². The molecule has 0 bridgehead atoms. The van der Waals surface area contributed by atoms with Crippen LogP contribution >= 0.6 is 0 Å². The maximum atomic E-state index is 13.3. The third-order valence-electron chi connectivity index (χ3n) is 6.69. The van der Waals surface area contributed by atoms with Crippen molar-refractivity contribution < 1.29 is 24.2 Å². The van der Waals surface area contributed by atoms with Gasteiger partial charge in [0.1, 0.15) is 12.4 Å². The minimum absolute atomic E-state index is 0.0271. The molecule has 40 heavy (non-hydrogen) atoms. The van der Waals surface area contributed by atoms with Crippen molar-refractivity contribution in [2.24, 2.45) is 0 Å². The highest BCUT2D eigenvalue weighted by atomic mass is 16.5. The summed E-state index contributed by atoms with van der Waals surface area (Å²) in [6, 6.07) is 17.6. The number of carbonyl (C=O) groups is 2. The van der Waals surface area contributed by atoms with E-state index < -0.39 is 17.7 Å². The van der Waals surface area contributed by atoms with E-state index in [0.29, 0.717) is 55.4 Å². The molecule has 1 N–H and O–H groups in total. The molecule has 0 spiro atoms. The standard InChI is InChI=1S/C31H30N4O5/c1-2-39-26-19-24(9-10-25(26)40-20-22-7-4-3-5-8-22)28-27(29(36)23-11-13-32-14-12-23)30(37)31(38)35(28)17-6-16-34-18-15-33-21-34/h3-5,7-15,18-19,21,28,36H,2,6,16-17,20H2,1H3. The SMILES string of the molecule is CCOc1cc(C2C(=C(O)c3ccncc3)C(=O)C(=O)N2CCCn2ccnc2)ccc1OCc1ccccc1. The Morgan fingerprint density at radius 3 is 2.45 bits per heavy atom. The molecule has 0 aliphatic carbocycles. The zero-order valence-electron chi connectivity index (χ0n) is 22.1. The van der Waals surface area contributed by atoms with Crippen molar-refractivity contribution in [2.75, 3.05) is 13.2 Å². The van der Waals surface area contributed by atoms with Crippen LogP contribution in [0.3, 0.4) is 0 Å². The quantitative estimate of drug-likeness (QED) is 0.167. The number of aryl methyl sites for hydroxylation is 1. The minimum atomic E-state index is -0.807. The van der Waals surface area contributed by atoms with Gasteiger partial charge in [0.15, 0.2) is 11.5 Å². The maximum Gasteiger partial charge on any atom is 0.295 e. The first-order chi connectivity index (χ1) is 19.6. The number of aliphatic hydroxyl groups excluding tert-OH is 1. The van der Waals surface area contributed by atoms with E-state index in [4.69, 9.17) is 9.47 Å². The average molecular weight is 539 g/mol. The number of ether oxygens (including phenoxy) is 2. The van der Waals surface area contributed by atoms with E-state index in [1.807, 2.05) is 54.1 Å². The van der Waals surface area contributed by atoms with E-state index in [-0.39, 0.29) is 11.3 Å². The largest absolute Gasteiger partial charge is 0.507 e. The van der Waals surface area contributed by atoms with E-state index in [1.54, 1.807) is 36.8 Å². The van der Waals surface area contributed by atoms with Gasteiger partial charge in [-0.25, -0.2) is 4.98 Å². The number of ketones is 1. The number of Topliss-reactive ketones (excluding diaryl/α,β-unsaturated/α-hetero) is 1. The number of rotatable bonds is 11. The molecule has 2 aromatic carbocycles. The van der Waals surface area contributed by atoms with Crippen LogP contribution in [0.4, 0.5) is 0 Å². The number of imidazole rings is 1. The zero-order chi connectivity index (χ0) is 27.9. The van der Waals surface area contributed by atoms with Gasteiger partial charge in [0, 0.05) is 43.4 Å². The topological polar surface area (TPSA) is 107 Å². The predicted molar refractivity (Wildman–Crippen MR) is 148 cm³/mol. The Kier molecular flexibility index (Phi) is 8.20. The van der Waals surface area contributed by atoms with Gasteiger partial charge < -0.3 is 24.0 Å². The van der Waals surface area contributed by atoms with Crippen LogP contribution in [-0.2, 0) is 22.7 Å². The highest BCUT2D eigenvalue weighted by Gasteiger charge is 2.46. The lowest BCUT2D eigenvalue weighted by Crippen LogP contribution is -2.31. The van der Waals surface area contributed by atoms with Gasteiger partial charge >= 0.3 is 0 Å². The zero-order valence-corrected chi connectivity index (χ0v) is 22.1. The third-order valence-corrected chi connectivity index (χ3v) is 6.69. The van der Waals surface area contributed by atoms with E-state index in [0.717, 1.165) is 5.56 Å². The summed E-state index contributed by atoms with van der Waals surface area (Å²) >= 11 is 0. The van der Waals surface area contributed by atoms with Gasteiger partial charge in [0.2, 0.25) is 0 Å². The smallest absolute Gasteiger partial charge is 0.295 e. The summed E-state index contributed by atoms with van der Waals surface area (Å²) in [5.74, 6) is -0.604. The Bertz CT molecular complexity index is 1490. The monoisotopic (exact) mass is 538 g/mol. The number of hydrogen-bond acceptors (Lipinski definition) is 7. The van der Waals surface area contributed by atoms with Crippen molar-refractivity contribution >= 4 is 17.4 Å². The summed E-state index contributed by atoms with van der Waals surface area (Å²) in [5, 5.41) is 11.3. The number of pyridine rings is 1. The summed E-state index contributed by atoms with van der Waals surface area (Å²) < 4.78 is 13.9. The second-order valence-electron chi connectivity index (χ2n) is 9.30. The Morgan fingerprint density at radius 1 is 0.925 bits per heavy atom. The van der Waals surface area contributed by atoms with Gasteiger partial charge in [-0.1, -0.05) is 36.4 Å². The van der Waals surface area contributed by atoms with Gasteiger partial charge in [0.05, 0.1) is 24.5 Å². The fourth-order valence-corrected chi connectivity index (χ4v) is 4.78. The molecule has 0 radical (unpaired) electrons. The first kappa shape index (κ1) is 26.7. The number of benzene rings is 2. The molecule has 4 aromatic rings. The molecular formula is C31H30N4O5. The molecule has 1 fully saturated rings. The molecule has 1 aliphatic rings. The van der Waals surface area contributed by atoms with Crippen molar-refractivity contribution in [3.05, 3.63) is 114 Å². The summed E-state index contributed by atoms with van der Waals surface area (Å²) in [7, 11) is 0. The van der Waals surface area contributed by atoms with Crippen LogP contribution < -0.4 is 9.47 Å². The molecule has 5 rings (SSSR count). The number of likely N-dealkylation sites (tertiary alicyclic amines) is 1. The number of aliphatic hydroxyl groups is 1. The Hall–Kier alpha value is -4.92. The molecule has 1 atom stereocenters. The fraction of sp³-hybridized carbons (Fsp3) is 0.226. The van der Waals surface area contributed by atoms with Crippen LogP contribution in [0.25, 0.3) is 5.76 Å². The van der Waals surface area contributed by atoms with Crippen molar-refractivity contribution in [2.45, 2.75) is 32.5 Å². The number of hydrogen-bond donors (Lipinski definition) is 1. The Labute approximate surface area is 232 Å². The summed E-state index contributed by atoms with van der Waals surface area (Å²) in [6.07, 6.45) is 8.88. The predicted octanol–water partition coefficient (Wildman–Crippen LogP) is 4.77.